The predicted molar refractivity (Wildman–Crippen MR) is 96.1 cm³/mol. The zero-order valence-corrected chi connectivity index (χ0v) is 14.2. The molecule has 1 aliphatic heterocycles. The molecule has 1 aromatic heterocycles. The third-order valence-corrected chi connectivity index (χ3v) is 4.05. The lowest BCUT2D eigenvalue weighted by molar-refractivity contribution is -0.385. The number of H-pyrrole nitrogens is 1. The second kappa shape index (κ2) is 6.82. The van der Waals surface area contributed by atoms with Crippen LogP contribution < -0.4 is 5.32 Å². The Morgan fingerprint density at radius 3 is 2.85 bits per heavy atom. The number of benzene rings is 1. The summed E-state index contributed by atoms with van der Waals surface area (Å²) in [6.45, 7) is 3.53. The molecule has 1 aliphatic rings. The highest BCUT2D eigenvalue weighted by atomic mass is 16.6. The largest absolute Gasteiger partial charge is 0.380 e. The molecule has 8 nitrogen and oxygen atoms in total. The van der Waals surface area contributed by atoms with Gasteiger partial charge >= 0.3 is 0 Å². The lowest BCUT2D eigenvalue weighted by atomic mass is 9.97. The number of carbonyl (C=O) groups excluding carboxylic acids is 1. The number of aromatic nitrogens is 2. The first-order valence-corrected chi connectivity index (χ1v) is 7.96. The Morgan fingerprint density at radius 2 is 2.23 bits per heavy atom. The van der Waals surface area contributed by atoms with Gasteiger partial charge in [-0.25, -0.2) is 4.98 Å². The molecular formula is C18H16N4O4. The fraction of sp³-hybridized carbons (Fsp3) is 0.222. The number of hydrogen-bond donors (Lipinski definition) is 3. The van der Waals surface area contributed by atoms with Crippen molar-refractivity contribution in [1.82, 2.24) is 9.97 Å². The first-order chi connectivity index (χ1) is 12.4. The van der Waals surface area contributed by atoms with Gasteiger partial charge in [-0.2, -0.15) is 0 Å². The van der Waals surface area contributed by atoms with Crippen LogP contribution in [0.25, 0.3) is 11.6 Å². The molecule has 8 heteroatoms. The van der Waals surface area contributed by atoms with E-state index < -0.39 is 11.0 Å². The number of aryl methyl sites for hydroxylation is 1. The van der Waals surface area contributed by atoms with Gasteiger partial charge in [0, 0.05) is 11.6 Å². The second-order valence-corrected chi connectivity index (χ2v) is 5.75. The van der Waals surface area contributed by atoms with Gasteiger partial charge in [-0.3, -0.25) is 14.9 Å². The van der Waals surface area contributed by atoms with Crippen LogP contribution >= 0.6 is 0 Å². The quantitative estimate of drug-likeness (QED) is 0.338. The van der Waals surface area contributed by atoms with Crippen LogP contribution in [0, 0.1) is 28.9 Å². The summed E-state index contributed by atoms with van der Waals surface area (Å²) in [5.74, 6) is 4.90. The molecule has 1 unspecified atom stereocenters. The molecule has 1 amide bonds. The second-order valence-electron chi connectivity index (χ2n) is 5.75. The number of aliphatic hydroxyl groups is 1. The van der Waals surface area contributed by atoms with E-state index in [2.05, 4.69) is 27.1 Å². The number of rotatable bonds is 3. The molecule has 132 valence electrons. The predicted octanol–water partition coefficient (Wildman–Crippen LogP) is 2.24. The maximum absolute atomic E-state index is 12.4. The number of aliphatic hydroxyl groups excluding tert-OH is 1. The van der Waals surface area contributed by atoms with Crippen LogP contribution in [0.2, 0.25) is 0 Å². The minimum absolute atomic E-state index is 0.0989. The lowest BCUT2D eigenvalue weighted by Crippen LogP contribution is -2.04. The third kappa shape index (κ3) is 3.08. The summed E-state index contributed by atoms with van der Waals surface area (Å²) in [5.41, 5.74) is 2.25. The van der Waals surface area contributed by atoms with Gasteiger partial charge < -0.3 is 15.4 Å². The van der Waals surface area contributed by atoms with Gasteiger partial charge in [0.1, 0.15) is 11.7 Å². The Kier molecular flexibility index (Phi) is 4.56. The SMILES string of the molecule is CCC(O)C#Cc1c([N+](=O)[O-])ccc2c1/C(=C/c1[nH]cnc1C)C(=O)N2. The summed E-state index contributed by atoms with van der Waals surface area (Å²) in [6, 6.07) is 2.78. The van der Waals surface area contributed by atoms with Crippen LogP contribution in [0.5, 0.6) is 0 Å². The molecule has 1 aromatic carbocycles. The third-order valence-electron chi connectivity index (χ3n) is 4.05. The van der Waals surface area contributed by atoms with E-state index in [1.165, 1.54) is 18.5 Å². The van der Waals surface area contributed by atoms with Gasteiger partial charge in [0.2, 0.25) is 0 Å². The summed E-state index contributed by atoms with van der Waals surface area (Å²) in [7, 11) is 0. The Morgan fingerprint density at radius 1 is 1.46 bits per heavy atom. The number of anilines is 1. The normalized spacial score (nSPS) is 15.2. The van der Waals surface area contributed by atoms with Crippen molar-refractivity contribution in [2.75, 3.05) is 5.32 Å². The van der Waals surface area contributed by atoms with Crippen LogP contribution in [0.3, 0.4) is 0 Å². The number of nitrogens with zero attached hydrogens (tertiary/aromatic N) is 2. The molecule has 0 spiro atoms. The summed E-state index contributed by atoms with van der Waals surface area (Å²) in [6.07, 6.45) is 2.58. The van der Waals surface area contributed by atoms with Gasteiger partial charge in [-0.15, -0.1) is 0 Å². The van der Waals surface area contributed by atoms with Crippen molar-refractivity contribution < 1.29 is 14.8 Å². The van der Waals surface area contributed by atoms with Crippen LogP contribution in [0.15, 0.2) is 18.5 Å². The Hall–Kier alpha value is -3.44. The van der Waals surface area contributed by atoms with Crippen LogP contribution in [-0.2, 0) is 4.79 Å². The monoisotopic (exact) mass is 352 g/mol. The van der Waals surface area contributed by atoms with E-state index in [0.29, 0.717) is 29.1 Å². The summed E-state index contributed by atoms with van der Waals surface area (Å²) in [4.78, 5) is 30.3. The van der Waals surface area contributed by atoms with Gasteiger partial charge in [-0.1, -0.05) is 18.8 Å². The number of imidazole rings is 1. The zero-order valence-electron chi connectivity index (χ0n) is 14.2. The van der Waals surface area contributed by atoms with Gasteiger partial charge in [0.25, 0.3) is 11.6 Å². The van der Waals surface area contributed by atoms with E-state index in [-0.39, 0.29) is 22.7 Å². The summed E-state index contributed by atoms with van der Waals surface area (Å²) >= 11 is 0. The molecule has 1 atom stereocenters. The van der Waals surface area contributed by atoms with Crippen molar-refractivity contribution in [3.05, 3.63) is 51.1 Å². The first-order valence-electron chi connectivity index (χ1n) is 7.96. The van der Waals surface area contributed by atoms with E-state index in [1.54, 1.807) is 19.9 Å². The molecule has 0 saturated carbocycles. The fourth-order valence-electron chi connectivity index (χ4n) is 2.62. The number of nitro groups is 1. The molecule has 0 saturated heterocycles. The molecule has 3 N–H and O–H groups in total. The van der Waals surface area contributed by atoms with Crippen LogP contribution in [0.1, 0.15) is 35.9 Å². The maximum atomic E-state index is 12.4. The maximum Gasteiger partial charge on any atom is 0.285 e. The van der Waals surface area contributed by atoms with E-state index in [0.717, 1.165) is 0 Å². The van der Waals surface area contributed by atoms with Crippen molar-refractivity contribution in [2.45, 2.75) is 26.4 Å². The van der Waals surface area contributed by atoms with E-state index in [4.69, 9.17) is 0 Å². The molecule has 3 rings (SSSR count). The number of nitrogens with one attached hydrogen (secondary N) is 2. The molecule has 0 bridgehead atoms. The zero-order chi connectivity index (χ0) is 18.8. The van der Waals surface area contributed by atoms with Crippen molar-refractivity contribution in [2.24, 2.45) is 0 Å². The summed E-state index contributed by atoms with van der Waals surface area (Å²) < 4.78 is 0. The van der Waals surface area contributed by atoms with E-state index in [1.807, 2.05) is 0 Å². The number of carbonyl (C=O) groups is 1. The van der Waals surface area contributed by atoms with Crippen molar-refractivity contribution in [1.29, 1.82) is 0 Å². The highest BCUT2D eigenvalue weighted by Crippen LogP contribution is 2.39. The van der Waals surface area contributed by atoms with Crippen molar-refractivity contribution in [3.8, 4) is 11.8 Å². The van der Waals surface area contributed by atoms with Gasteiger partial charge in [0.05, 0.1) is 33.9 Å². The molecule has 0 radical (unpaired) electrons. The van der Waals surface area contributed by atoms with Crippen LogP contribution in [0.4, 0.5) is 11.4 Å². The van der Waals surface area contributed by atoms with Crippen molar-refractivity contribution >= 4 is 28.9 Å². The Labute approximate surface area is 149 Å². The standard InChI is InChI=1S/C18H16N4O4/c1-3-11(23)4-5-12-16(22(25)26)7-6-14-17(12)13(18(24)21-14)8-15-10(2)19-9-20-15/h6-9,11,23H,3H2,1-2H3,(H,19,20)(H,21,24)/b13-8-. The fourth-order valence-corrected chi connectivity index (χ4v) is 2.62. The number of amides is 1. The molecular weight excluding hydrogens is 336 g/mol. The molecule has 2 aromatic rings. The average Bonchev–Trinajstić information content (AvgIpc) is 3.15. The smallest absolute Gasteiger partial charge is 0.285 e. The summed E-state index contributed by atoms with van der Waals surface area (Å²) in [5, 5.41) is 23.8. The number of nitro benzene ring substituents is 1. The van der Waals surface area contributed by atoms with Gasteiger partial charge in [0.15, 0.2) is 0 Å². The average molecular weight is 352 g/mol. The highest BCUT2D eigenvalue weighted by molar-refractivity contribution is 6.35. The first kappa shape index (κ1) is 17.4. The number of aromatic amines is 1. The molecule has 0 fully saturated rings. The number of hydrogen-bond acceptors (Lipinski definition) is 5. The van der Waals surface area contributed by atoms with Gasteiger partial charge in [-0.05, 0) is 25.5 Å². The lowest BCUT2D eigenvalue weighted by Gasteiger charge is -2.04. The van der Waals surface area contributed by atoms with Crippen molar-refractivity contribution in [3.63, 3.8) is 0 Å². The van der Waals surface area contributed by atoms with E-state index >= 15 is 0 Å². The molecule has 26 heavy (non-hydrogen) atoms. The topological polar surface area (TPSA) is 121 Å². The van der Waals surface area contributed by atoms with Crippen LogP contribution in [-0.4, -0.2) is 32.0 Å². The molecule has 0 aliphatic carbocycles. The number of fused-ring (bicyclic) bond motifs is 1. The minimum Gasteiger partial charge on any atom is -0.380 e. The Bertz CT molecular complexity index is 994. The minimum atomic E-state index is -0.905. The van der Waals surface area contributed by atoms with E-state index in [9.17, 15) is 20.0 Å². The highest BCUT2D eigenvalue weighted by Gasteiger charge is 2.31. The Balaban J connectivity index is 2.25. The molecule has 2 heterocycles.